The topological polar surface area (TPSA) is 75.4 Å². The number of nitrogens with one attached hydrogen (secondary N) is 1. The van der Waals surface area contributed by atoms with Gasteiger partial charge in [-0.3, -0.25) is 4.79 Å². The third-order valence-electron chi connectivity index (χ3n) is 4.24. The summed E-state index contributed by atoms with van der Waals surface area (Å²) in [5.41, 5.74) is 7.54. The smallest absolute Gasteiger partial charge is 0.263 e. The SMILES string of the molecule is Nc1ccsc1C(=O)N[C@@H](Cc1ccccc1)C1CC(O)C1. The number of nitrogens with two attached hydrogens (primary N) is 1. The van der Waals surface area contributed by atoms with Crippen molar-refractivity contribution in [1.29, 1.82) is 0 Å². The van der Waals surface area contributed by atoms with E-state index in [0.29, 0.717) is 16.5 Å². The molecular weight excluding hydrogens is 296 g/mol. The van der Waals surface area contributed by atoms with Crippen LogP contribution in [-0.2, 0) is 6.42 Å². The van der Waals surface area contributed by atoms with E-state index >= 15 is 0 Å². The standard InChI is InChI=1S/C17H20N2O2S/c18-14-6-7-22-16(14)17(21)19-15(12-9-13(20)10-12)8-11-4-2-1-3-5-11/h1-7,12-13,15,20H,8-10,18H2,(H,19,21)/t12?,13?,15-/m0/s1. The largest absolute Gasteiger partial charge is 0.397 e. The Morgan fingerprint density at radius 1 is 1.32 bits per heavy atom. The first kappa shape index (κ1) is 15.1. The highest BCUT2D eigenvalue weighted by atomic mass is 32.1. The molecule has 3 rings (SSSR count). The molecule has 1 amide bonds. The molecule has 0 aliphatic heterocycles. The summed E-state index contributed by atoms with van der Waals surface area (Å²) in [5, 5.41) is 14.5. The Balaban J connectivity index is 1.71. The van der Waals surface area contributed by atoms with Crippen LogP contribution in [0.2, 0.25) is 0 Å². The Bertz CT molecular complexity index is 635. The molecule has 0 saturated heterocycles. The normalized spacial score (nSPS) is 21.9. The second-order valence-corrected chi connectivity index (χ2v) is 6.78. The van der Waals surface area contributed by atoms with E-state index in [0.717, 1.165) is 19.3 Å². The Hall–Kier alpha value is -1.85. The van der Waals surface area contributed by atoms with Crippen molar-refractivity contribution in [2.24, 2.45) is 5.92 Å². The van der Waals surface area contributed by atoms with Crippen molar-refractivity contribution in [3.05, 3.63) is 52.2 Å². The van der Waals surface area contributed by atoms with Crippen LogP contribution in [0.4, 0.5) is 5.69 Å². The first-order valence-electron chi connectivity index (χ1n) is 7.49. The average molecular weight is 316 g/mol. The molecule has 0 spiro atoms. The predicted octanol–water partition coefficient (Wildman–Crippen LogP) is 2.44. The lowest BCUT2D eigenvalue weighted by molar-refractivity contribution is 0.0240. The van der Waals surface area contributed by atoms with Crippen LogP contribution < -0.4 is 11.1 Å². The second-order valence-electron chi connectivity index (χ2n) is 5.86. The van der Waals surface area contributed by atoms with E-state index in [1.165, 1.54) is 16.9 Å². The molecule has 1 fully saturated rings. The summed E-state index contributed by atoms with van der Waals surface area (Å²) in [6, 6.07) is 11.9. The van der Waals surface area contributed by atoms with Crippen LogP contribution in [0.1, 0.15) is 28.1 Å². The van der Waals surface area contributed by atoms with Crippen molar-refractivity contribution in [2.45, 2.75) is 31.4 Å². The fraction of sp³-hybridized carbons (Fsp3) is 0.353. The molecule has 4 N–H and O–H groups in total. The average Bonchev–Trinajstić information content (AvgIpc) is 2.91. The third kappa shape index (κ3) is 3.31. The molecular formula is C17H20N2O2S. The lowest BCUT2D eigenvalue weighted by atomic mass is 9.75. The quantitative estimate of drug-likeness (QED) is 0.793. The van der Waals surface area contributed by atoms with Crippen molar-refractivity contribution in [1.82, 2.24) is 5.32 Å². The molecule has 0 unspecified atom stereocenters. The minimum Gasteiger partial charge on any atom is -0.397 e. The van der Waals surface area contributed by atoms with E-state index in [1.807, 2.05) is 23.6 Å². The van der Waals surface area contributed by atoms with Gasteiger partial charge in [0.05, 0.1) is 11.8 Å². The van der Waals surface area contributed by atoms with E-state index in [2.05, 4.69) is 17.4 Å². The second kappa shape index (κ2) is 6.50. The molecule has 2 aromatic rings. The number of rotatable bonds is 5. The number of aliphatic hydroxyl groups excluding tert-OH is 1. The zero-order valence-electron chi connectivity index (χ0n) is 12.2. The number of anilines is 1. The lowest BCUT2D eigenvalue weighted by Crippen LogP contribution is -2.48. The number of aliphatic hydroxyl groups is 1. The molecule has 1 saturated carbocycles. The Labute approximate surface area is 134 Å². The van der Waals surface area contributed by atoms with Gasteiger partial charge in [0, 0.05) is 6.04 Å². The number of carbonyl (C=O) groups excluding carboxylic acids is 1. The molecule has 1 aromatic heterocycles. The van der Waals surface area contributed by atoms with Gasteiger partial charge < -0.3 is 16.2 Å². The highest BCUT2D eigenvalue weighted by molar-refractivity contribution is 7.12. The van der Waals surface area contributed by atoms with Gasteiger partial charge in [0.15, 0.2) is 0 Å². The Morgan fingerprint density at radius 2 is 2.05 bits per heavy atom. The molecule has 1 atom stereocenters. The number of nitrogen functional groups attached to an aromatic ring is 1. The van der Waals surface area contributed by atoms with Crippen molar-refractivity contribution in [3.63, 3.8) is 0 Å². The van der Waals surface area contributed by atoms with Crippen LogP contribution in [0.5, 0.6) is 0 Å². The first-order valence-corrected chi connectivity index (χ1v) is 8.37. The van der Waals surface area contributed by atoms with Gasteiger partial charge in [0.2, 0.25) is 0 Å². The zero-order valence-corrected chi connectivity index (χ0v) is 13.1. The zero-order chi connectivity index (χ0) is 15.5. The van der Waals surface area contributed by atoms with Gasteiger partial charge in [-0.15, -0.1) is 11.3 Å². The maximum atomic E-state index is 12.4. The van der Waals surface area contributed by atoms with Crippen molar-refractivity contribution in [3.8, 4) is 0 Å². The summed E-state index contributed by atoms with van der Waals surface area (Å²) in [4.78, 5) is 13.0. The van der Waals surface area contributed by atoms with E-state index in [-0.39, 0.29) is 18.1 Å². The highest BCUT2D eigenvalue weighted by Crippen LogP contribution is 2.32. The maximum absolute atomic E-state index is 12.4. The molecule has 1 heterocycles. The van der Waals surface area contributed by atoms with Crippen LogP contribution in [-0.4, -0.2) is 23.2 Å². The van der Waals surface area contributed by atoms with Gasteiger partial charge in [-0.25, -0.2) is 0 Å². The summed E-state index contributed by atoms with van der Waals surface area (Å²) >= 11 is 1.36. The van der Waals surface area contributed by atoms with Crippen LogP contribution in [0.15, 0.2) is 41.8 Å². The first-order chi connectivity index (χ1) is 10.6. The van der Waals surface area contributed by atoms with Gasteiger partial charge in [-0.1, -0.05) is 30.3 Å². The summed E-state index contributed by atoms with van der Waals surface area (Å²) in [7, 11) is 0. The van der Waals surface area contributed by atoms with E-state index in [4.69, 9.17) is 5.73 Å². The number of hydrogen-bond acceptors (Lipinski definition) is 4. The predicted molar refractivity (Wildman–Crippen MR) is 88.9 cm³/mol. The summed E-state index contributed by atoms with van der Waals surface area (Å²) in [6.45, 7) is 0. The van der Waals surface area contributed by atoms with E-state index in [9.17, 15) is 9.90 Å². The minimum absolute atomic E-state index is 0.0276. The molecule has 1 aliphatic rings. The highest BCUT2D eigenvalue weighted by Gasteiger charge is 2.35. The fourth-order valence-corrected chi connectivity index (χ4v) is 3.62. The molecule has 0 bridgehead atoms. The Morgan fingerprint density at radius 3 is 2.64 bits per heavy atom. The number of benzene rings is 1. The van der Waals surface area contributed by atoms with E-state index in [1.54, 1.807) is 6.07 Å². The third-order valence-corrected chi connectivity index (χ3v) is 5.16. The van der Waals surface area contributed by atoms with Gasteiger partial charge >= 0.3 is 0 Å². The van der Waals surface area contributed by atoms with Crippen LogP contribution in [0.3, 0.4) is 0 Å². The van der Waals surface area contributed by atoms with Crippen molar-refractivity contribution >= 4 is 22.9 Å². The van der Waals surface area contributed by atoms with Crippen molar-refractivity contribution < 1.29 is 9.90 Å². The number of amides is 1. The van der Waals surface area contributed by atoms with Gasteiger partial charge in [0.25, 0.3) is 5.91 Å². The van der Waals surface area contributed by atoms with Crippen molar-refractivity contribution in [2.75, 3.05) is 5.73 Å². The molecule has 1 aromatic carbocycles. The van der Waals surface area contributed by atoms with E-state index < -0.39 is 0 Å². The summed E-state index contributed by atoms with van der Waals surface area (Å²) in [5.74, 6) is 0.204. The summed E-state index contributed by atoms with van der Waals surface area (Å²) in [6.07, 6.45) is 2.04. The fourth-order valence-electron chi connectivity index (χ4n) is 2.90. The number of carbonyl (C=O) groups is 1. The van der Waals surface area contributed by atoms with Gasteiger partial charge in [0.1, 0.15) is 4.88 Å². The molecule has 4 nitrogen and oxygen atoms in total. The van der Waals surface area contributed by atoms with Crippen LogP contribution in [0.25, 0.3) is 0 Å². The monoisotopic (exact) mass is 316 g/mol. The minimum atomic E-state index is -0.230. The molecule has 0 radical (unpaired) electrons. The maximum Gasteiger partial charge on any atom is 0.263 e. The van der Waals surface area contributed by atoms with Gasteiger partial charge in [-0.2, -0.15) is 0 Å². The lowest BCUT2D eigenvalue weighted by Gasteiger charge is -2.38. The number of hydrogen-bond donors (Lipinski definition) is 3. The van der Waals surface area contributed by atoms with Crippen LogP contribution >= 0.6 is 11.3 Å². The molecule has 5 heteroatoms. The summed E-state index contributed by atoms with van der Waals surface area (Å²) < 4.78 is 0. The molecule has 1 aliphatic carbocycles. The number of thiophene rings is 1. The molecule has 116 valence electrons. The van der Waals surface area contributed by atoms with Gasteiger partial charge in [-0.05, 0) is 42.2 Å². The Kier molecular flexibility index (Phi) is 4.45. The molecule has 22 heavy (non-hydrogen) atoms. The van der Waals surface area contributed by atoms with Crippen LogP contribution in [0, 0.1) is 5.92 Å².